The van der Waals surface area contributed by atoms with Crippen LogP contribution in [0.3, 0.4) is 0 Å². The van der Waals surface area contributed by atoms with Crippen LogP contribution in [0.4, 0.5) is 0 Å². The van der Waals surface area contributed by atoms with Crippen LogP contribution in [0.2, 0.25) is 0 Å². The first-order valence-electron chi connectivity index (χ1n) is 6.97. The highest BCUT2D eigenvalue weighted by atomic mass is 32.2. The van der Waals surface area contributed by atoms with Gasteiger partial charge < -0.3 is 5.32 Å². The lowest BCUT2D eigenvalue weighted by Crippen LogP contribution is -2.47. The summed E-state index contributed by atoms with van der Waals surface area (Å²) in [6, 6.07) is 0.319. The summed E-state index contributed by atoms with van der Waals surface area (Å²) in [5, 5.41) is 3.35. The zero-order valence-electron chi connectivity index (χ0n) is 11.9. The molecule has 0 aromatic rings. The van der Waals surface area contributed by atoms with Gasteiger partial charge in [-0.2, -0.15) is 17.0 Å². The molecule has 0 aliphatic carbocycles. The van der Waals surface area contributed by atoms with Crippen molar-refractivity contribution in [1.29, 1.82) is 0 Å². The molecular weight excluding hydrogens is 250 g/mol. The van der Waals surface area contributed by atoms with Crippen molar-refractivity contribution in [3.8, 4) is 0 Å². The molecule has 0 amide bonds. The molecule has 1 aliphatic heterocycles. The van der Waals surface area contributed by atoms with Gasteiger partial charge in [0.15, 0.2) is 0 Å². The SMILES string of the molecule is CCCCN(C)S(=O)(=O)N(CC)CC1CCCN1. The Bertz CT molecular complexity index is 326. The van der Waals surface area contributed by atoms with Gasteiger partial charge in [0.25, 0.3) is 10.2 Å². The van der Waals surface area contributed by atoms with Gasteiger partial charge in [0, 0.05) is 32.7 Å². The Morgan fingerprint density at radius 3 is 2.56 bits per heavy atom. The zero-order valence-corrected chi connectivity index (χ0v) is 12.7. The van der Waals surface area contributed by atoms with Gasteiger partial charge in [-0.05, 0) is 25.8 Å². The van der Waals surface area contributed by atoms with E-state index in [9.17, 15) is 8.42 Å². The molecule has 0 spiro atoms. The van der Waals surface area contributed by atoms with E-state index in [1.807, 2.05) is 6.92 Å². The lowest BCUT2D eigenvalue weighted by molar-refractivity contribution is 0.341. The molecule has 1 atom stereocenters. The fourth-order valence-electron chi connectivity index (χ4n) is 2.24. The summed E-state index contributed by atoms with van der Waals surface area (Å²) in [7, 11) is -1.61. The highest BCUT2D eigenvalue weighted by Gasteiger charge is 2.28. The molecular formula is C12H27N3O2S. The number of unbranched alkanes of at least 4 members (excludes halogenated alkanes) is 1. The van der Waals surface area contributed by atoms with Gasteiger partial charge in [0.1, 0.15) is 0 Å². The molecule has 1 heterocycles. The monoisotopic (exact) mass is 277 g/mol. The smallest absolute Gasteiger partial charge is 0.281 e. The Morgan fingerprint density at radius 1 is 1.33 bits per heavy atom. The summed E-state index contributed by atoms with van der Waals surface area (Å²) in [6.45, 7) is 6.72. The summed E-state index contributed by atoms with van der Waals surface area (Å²) in [5.74, 6) is 0. The summed E-state index contributed by atoms with van der Waals surface area (Å²) in [5.41, 5.74) is 0. The van der Waals surface area contributed by atoms with E-state index < -0.39 is 10.2 Å². The third kappa shape index (κ3) is 4.19. The molecule has 1 unspecified atom stereocenters. The predicted molar refractivity (Wildman–Crippen MR) is 74.7 cm³/mol. The van der Waals surface area contributed by atoms with E-state index in [0.29, 0.717) is 25.7 Å². The Labute approximate surface area is 112 Å². The quantitative estimate of drug-likeness (QED) is 0.721. The molecule has 18 heavy (non-hydrogen) atoms. The van der Waals surface area contributed by atoms with Crippen molar-refractivity contribution >= 4 is 10.2 Å². The fourth-order valence-corrected chi connectivity index (χ4v) is 3.69. The largest absolute Gasteiger partial charge is 0.313 e. The molecule has 0 aromatic heterocycles. The van der Waals surface area contributed by atoms with E-state index in [0.717, 1.165) is 32.2 Å². The molecule has 0 bridgehead atoms. The van der Waals surface area contributed by atoms with E-state index in [1.54, 1.807) is 11.4 Å². The van der Waals surface area contributed by atoms with Gasteiger partial charge in [0.2, 0.25) is 0 Å². The maximum atomic E-state index is 12.4. The van der Waals surface area contributed by atoms with Gasteiger partial charge in [-0.15, -0.1) is 0 Å². The Hall–Kier alpha value is -0.170. The van der Waals surface area contributed by atoms with Crippen molar-refractivity contribution < 1.29 is 8.42 Å². The van der Waals surface area contributed by atoms with E-state index in [2.05, 4.69) is 12.2 Å². The number of likely N-dealkylation sites (N-methyl/N-ethyl adjacent to an activating group) is 1. The van der Waals surface area contributed by atoms with Gasteiger partial charge in [-0.3, -0.25) is 0 Å². The van der Waals surface area contributed by atoms with E-state index in [4.69, 9.17) is 0 Å². The van der Waals surface area contributed by atoms with Crippen molar-refractivity contribution in [2.45, 2.75) is 45.6 Å². The minimum atomic E-state index is -3.28. The van der Waals surface area contributed by atoms with E-state index >= 15 is 0 Å². The van der Waals surface area contributed by atoms with E-state index in [-0.39, 0.29) is 0 Å². The molecule has 1 aliphatic rings. The maximum absolute atomic E-state index is 12.4. The highest BCUT2D eigenvalue weighted by Crippen LogP contribution is 2.12. The Kier molecular flexibility index (Phi) is 6.55. The predicted octanol–water partition coefficient (Wildman–Crippen LogP) is 1.04. The van der Waals surface area contributed by atoms with Crippen molar-refractivity contribution in [3.63, 3.8) is 0 Å². The molecule has 5 nitrogen and oxygen atoms in total. The standard InChI is InChI=1S/C12H27N3O2S/c1-4-6-10-14(3)18(16,17)15(5-2)11-12-8-7-9-13-12/h12-13H,4-11H2,1-3H3. The summed E-state index contributed by atoms with van der Waals surface area (Å²) < 4.78 is 27.8. The fraction of sp³-hybridized carbons (Fsp3) is 1.00. The molecule has 0 saturated carbocycles. The second kappa shape index (κ2) is 7.43. The Balaban J connectivity index is 2.60. The third-order valence-electron chi connectivity index (χ3n) is 3.49. The molecule has 1 N–H and O–H groups in total. The van der Waals surface area contributed by atoms with Crippen molar-refractivity contribution in [2.24, 2.45) is 0 Å². The first-order chi connectivity index (χ1) is 8.52. The molecule has 0 aromatic carbocycles. The number of hydrogen-bond acceptors (Lipinski definition) is 3. The maximum Gasteiger partial charge on any atom is 0.281 e. The topological polar surface area (TPSA) is 52.7 Å². The average Bonchev–Trinajstić information content (AvgIpc) is 2.85. The van der Waals surface area contributed by atoms with Crippen molar-refractivity contribution in [2.75, 3.05) is 33.2 Å². The van der Waals surface area contributed by atoms with Gasteiger partial charge in [0.05, 0.1) is 0 Å². The van der Waals surface area contributed by atoms with Crippen LogP contribution in [0, 0.1) is 0 Å². The van der Waals surface area contributed by atoms with Gasteiger partial charge >= 0.3 is 0 Å². The molecule has 108 valence electrons. The number of nitrogens with one attached hydrogen (secondary N) is 1. The molecule has 1 saturated heterocycles. The van der Waals surface area contributed by atoms with Crippen LogP contribution in [-0.4, -0.2) is 56.3 Å². The minimum absolute atomic E-state index is 0.319. The zero-order chi connectivity index (χ0) is 13.6. The molecule has 1 rings (SSSR count). The normalized spacial score (nSPS) is 21.1. The molecule has 0 radical (unpaired) electrons. The highest BCUT2D eigenvalue weighted by molar-refractivity contribution is 7.86. The number of hydrogen-bond donors (Lipinski definition) is 1. The molecule has 1 fully saturated rings. The minimum Gasteiger partial charge on any atom is -0.313 e. The van der Waals surface area contributed by atoms with Crippen LogP contribution in [0.5, 0.6) is 0 Å². The first kappa shape index (κ1) is 15.9. The van der Waals surface area contributed by atoms with Crippen molar-refractivity contribution in [1.82, 2.24) is 13.9 Å². The van der Waals surface area contributed by atoms with Crippen LogP contribution in [0.1, 0.15) is 39.5 Å². The second-order valence-corrected chi connectivity index (χ2v) is 6.96. The summed E-state index contributed by atoms with van der Waals surface area (Å²) in [4.78, 5) is 0. The second-order valence-electron chi connectivity index (χ2n) is 4.93. The van der Waals surface area contributed by atoms with Gasteiger partial charge in [-0.1, -0.05) is 20.3 Å². The lowest BCUT2D eigenvalue weighted by Gasteiger charge is -2.28. The molecule has 6 heteroatoms. The first-order valence-corrected chi connectivity index (χ1v) is 8.36. The lowest BCUT2D eigenvalue weighted by atomic mass is 10.2. The van der Waals surface area contributed by atoms with Crippen LogP contribution >= 0.6 is 0 Å². The summed E-state index contributed by atoms with van der Waals surface area (Å²) >= 11 is 0. The number of nitrogens with zero attached hydrogens (tertiary/aromatic N) is 2. The summed E-state index contributed by atoms with van der Waals surface area (Å²) in [6.07, 6.45) is 4.14. The number of rotatable bonds is 8. The van der Waals surface area contributed by atoms with Crippen molar-refractivity contribution in [3.05, 3.63) is 0 Å². The van der Waals surface area contributed by atoms with Crippen LogP contribution in [0.25, 0.3) is 0 Å². The third-order valence-corrected chi connectivity index (χ3v) is 5.52. The average molecular weight is 277 g/mol. The van der Waals surface area contributed by atoms with Crippen LogP contribution in [-0.2, 0) is 10.2 Å². The van der Waals surface area contributed by atoms with Crippen LogP contribution < -0.4 is 5.32 Å². The van der Waals surface area contributed by atoms with Crippen LogP contribution in [0.15, 0.2) is 0 Å². The van der Waals surface area contributed by atoms with E-state index in [1.165, 1.54) is 4.31 Å². The van der Waals surface area contributed by atoms with Gasteiger partial charge in [-0.25, -0.2) is 0 Å². The Morgan fingerprint density at radius 2 is 2.06 bits per heavy atom.